The smallest absolute Gasteiger partial charge is 0.351 e. The average molecular weight is 399 g/mol. The predicted molar refractivity (Wildman–Crippen MR) is 113 cm³/mol. The highest BCUT2D eigenvalue weighted by molar-refractivity contribution is 5.81. The van der Waals surface area contributed by atoms with Crippen molar-refractivity contribution in [3.8, 4) is 0 Å². The van der Waals surface area contributed by atoms with Crippen LogP contribution in [-0.4, -0.2) is 19.0 Å². The number of ether oxygens (including phenoxy) is 2. The van der Waals surface area contributed by atoms with E-state index in [1.54, 1.807) is 12.1 Å². The summed E-state index contributed by atoms with van der Waals surface area (Å²) in [6.07, 6.45) is 6.22. The van der Waals surface area contributed by atoms with Crippen LogP contribution in [0.4, 0.5) is 0 Å². The monoisotopic (exact) mass is 398 g/mol. The Labute approximate surface area is 174 Å². The fourth-order valence-corrected chi connectivity index (χ4v) is 5.86. The van der Waals surface area contributed by atoms with Gasteiger partial charge in [-0.05, 0) is 48.9 Å². The number of carbonyl (C=O) groups excluding carboxylic acids is 2. The molecule has 0 heterocycles. The minimum Gasteiger partial charge on any atom is -0.466 e. The summed E-state index contributed by atoms with van der Waals surface area (Å²) in [7, 11) is 1.32. The summed E-state index contributed by atoms with van der Waals surface area (Å²) in [4.78, 5) is 25.3. The van der Waals surface area contributed by atoms with Gasteiger partial charge in [0.05, 0.1) is 13.5 Å². The van der Waals surface area contributed by atoms with E-state index in [2.05, 4.69) is 33.8 Å². The minimum atomic E-state index is -1.02. The maximum atomic E-state index is 13.0. The second-order valence-electron chi connectivity index (χ2n) is 9.64. The molecule has 2 aliphatic rings. The van der Waals surface area contributed by atoms with Crippen molar-refractivity contribution in [1.82, 2.24) is 0 Å². The van der Waals surface area contributed by atoms with Gasteiger partial charge in [-0.1, -0.05) is 69.2 Å². The van der Waals surface area contributed by atoms with Crippen LogP contribution in [0.1, 0.15) is 71.5 Å². The molecule has 1 saturated carbocycles. The number of carbonyl (C=O) groups is 2. The molecule has 29 heavy (non-hydrogen) atoms. The normalized spacial score (nSPS) is 29.2. The van der Waals surface area contributed by atoms with Crippen LogP contribution in [0.3, 0.4) is 0 Å². The van der Waals surface area contributed by atoms with E-state index in [4.69, 9.17) is 9.47 Å². The molecule has 0 radical (unpaired) electrons. The molecule has 0 saturated heterocycles. The fourth-order valence-electron chi connectivity index (χ4n) is 5.86. The molecule has 0 aliphatic heterocycles. The first-order valence-electron chi connectivity index (χ1n) is 10.7. The van der Waals surface area contributed by atoms with E-state index in [1.807, 2.05) is 18.2 Å². The molecule has 4 nitrogen and oxygen atoms in total. The number of fused-ring (bicyclic) bond motifs is 1. The van der Waals surface area contributed by atoms with Gasteiger partial charge in [0.15, 0.2) is 0 Å². The summed E-state index contributed by atoms with van der Waals surface area (Å²) < 4.78 is 10.6. The third-order valence-corrected chi connectivity index (χ3v) is 7.43. The molecule has 0 spiro atoms. The molecule has 4 heteroatoms. The van der Waals surface area contributed by atoms with Crippen LogP contribution in [-0.2, 0) is 19.1 Å². The lowest BCUT2D eigenvalue weighted by atomic mass is 9.48. The van der Waals surface area contributed by atoms with Crippen molar-refractivity contribution in [2.75, 3.05) is 7.11 Å². The Bertz CT molecular complexity index is 779. The largest absolute Gasteiger partial charge is 0.466 e. The lowest BCUT2D eigenvalue weighted by molar-refractivity contribution is -0.168. The quantitative estimate of drug-likeness (QED) is 0.476. The number of benzene rings is 1. The number of methoxy groups -OCH3 is 1. The van der Waals surface area contributed by atoms with Crippen LogP contribution in [0, 0.1) is 22.7 Å². The molecule has 158 valence electrons. The summed E-state index contributed by atoms with van der Waals surface area (Å²) in [5, 5.41) is 0. The molecule has 0 N–H and O–H groups in total. The first-order valence-corrected chi connectivity index (χ1v) is 10.7. The van der Waals surface area contributed by atoms with Gasteiger partial charge < -0.3 is 9.47 Å². The van der Waals surface area contributed by atoms with Crippen molar-refractivity contribution in [3.05, 3.63) is 47.5 Å². The van der Waals surface area contributed by atoms with Gasteiger partial charge in [-0.3, -0.25) is 4.79 Å². The molecule has 0 aromatic heterocycles. The van der Waals surface area contributed by atoms with E-state index in [-0.39, 0.29) is 22.7 Å². The van der Waals surface area contributed by atoms with Gasteiger partial charge >= 0.3 is 11.9 Å². The summed E-state index contributed by atoms with van der Waals surface area (Å²) in [6.45, 7) is 9.21. The lowest BCUT2D eigenvalue weighted by Gasteiger charge is -2.56. The minimum absolute atomic E-state index is 0.0765. The highest BCUT2D eigenvalue weighted by Gasteiger charge is 2.52. The van der Waals surface area contributed by atoms with Gasteiger partial charge in [-0.15, -0.1) is 0 Å². The Morgan fingerprint density at radius 3 is 2.48 bits per heavy atom. The Hall–Kier alpha value is -2.10. The first kappa shape index (κ1) is 21.6. The number of hydrogen-bond acceptors (Lipinski definition) is 4. The second-order valence-corrected chi connectivity index (χ2v) is 9.64. The van der Waals surface area contributed by atoms with Crippen molar-refractivity contribution in [2.24, 2.45) is 22.7 Å². The molecule has 1 aromatic rings. The van der Waals surface area contributed by atoms with Crippen LogP contribution in [0.5, 0.6) is 0 Å². The molecule has 3 unspecified atom stereocenters. The summed E-state index contributed by atoms with van der Waals surface area (Å²) in [5.74, 6) is -0.200. The number of esters is 2. The van der Waals surface area contributed by atoms with Crippen molar-refractivity contribution in [1.29, 1.82) is 0 Å². The van der Waals surface area contributed by atoms with Crippen LogP contribution in [0.15, 0.2) is 42.0 Å². The van der Waals surface area contributed by atoms with Gasteiger partial charge in [0.25, 0.3) is 0 Å². The van der Waals surface area contributed by atoms with E-state index < -0.39 is 12.1 Å². The molecule has 0 amide bonds. The zero-order valence-electron chi connectivity index (χ0n) is 18.4. The van der Waals surface area contributed by atoms with Gasteiger partial charge in [0.2, 0.25) is 6.10 Å². The zero-order valence-corrected chi connectivity index (χ0v) is 18.4. The number of rotatable bonds is 5. The Morgan fingerprint density at radius 1 is 1.14 bits per heavy atom. The van der Waals surface area contributed by atoms with Gasteiger partial charge in [0.1, 0.15) is 0 Å². The molecule has 0 bridgehead atoms. The predicted octanol–water partition coefficient (Wildman–Crippen LogP) is 5.63. The number of allylic oxidation sites excluding steroid dienone is 2. The summed E-state index contributed by atoms with van der Waals surface area (Å²) in [5.41, 5.74) is 2.25. The topological polar surface area (TPSA) is 52.6 Å². The Balaban J connectivity index is 1.80. The molecule has 1 aromatic carbocycles. The van der Waals surface area contributed by atoms with Crippen molar-refractivity contribution >= 4 is 11.9 Å². The van der Waals surface area contributed by atoms with Crippen LogP contribution >= 0.6 is 0 Å². The molecule has 2 aliphatic carbocycles. The second kappa shape index (κ2) is 8.33. The average Bonchev–Trinajstić information content (AvgIpc) is 2.68. The molecule has 3 rings (SSSR count). The van der Waals surface area contributed by atoms with E-state index in [9.17, 15) is 9.59 Å². The van der Waals surface area contributed by atoms with Crippen molar-refractivity contribution in [3.63, 3.8) is 0 Å². The van der Waals surface area contributed by atoms with Crippen molar-refractivity contribution in [2.45, 2.75) is 65.9 Å². The van der Waals surface area contributed by atoms with E-state index in [0.29, 0.717) is 17.9 Å². The van der Waals surface area contributed by atoms with Crippen LogP contribution in [0.2, 0.25) is 0 Å². The Morgan fingerprint density at radius 2 is 1.83 bits per heavy atom. The third-order valence-electron chi connectivity index (χ3n) is 7.43. The summed E-state index contributed by atoms with van der Waals surface area (Å²) in [6, 6.07) is 9.07. The van der Waals surface area contributed by atoms with E-state index in [1.165, 1.54) is 25.5 Å². The van der Waals surface area contributed by atoms with E-state index >= 15 is 0 Å². The fraction of sp³-hybridized carbons (Fsp3) is 0.600. The SMILES string of the molecule is COC(=O)C(OC(=O)CC1C(C)=CCC2C(C)(C)CCC[C@]12C)c1ccccc1. The van der Waals surface area contributed by atoms with E-state index in [0.717, 1.165) is 12.8 Å². The third kappa shape index (κ3) is 4.26. The van der Waals surface area contributed by atoms with Gasteiger partial charge in [-0.2, -0.15) is 0 Å². The van der Waals surface area contributed by atoms with Crippen LogP contribution < -0.4 is 0 Å². The standard InChI is InChI=1S/C25H34O4/c1-17-12-13-20-24(2,3)14-9-15-25(20,4)19(17)16-21(26)29-22(23(27)28-5)18-10-7-6-8-11-18/h6-8,10-12,19-20,22H,9,13-16H2,1-5H3/t19?,20?,22?,25-/m1/s1. The molecule has 4 atom stereocenters. The maximum Gasteiger partial charge on any atom is 0.351 e. The molecular formula is C25H34O4. The highest BCUT2D eigenvalue weighted by Crippen LogP contribution is 2.60. The first-order chi connectivity index (χ1) is 13.7. The maximum absolute atomic E-state index is 13.0. The zero-order chi connectivity index (χ0) is 21.2. The number of hydrogen-bond donors (Lipinski definition) is 0. The van der Waals surface area contributed by atoms with Gasteiger partial charge in [-0.25, -0.2) is 4.79 Å². The highest BCUT2D eigenvalue weighted by atomic mass is 16.6. The molecule has 1 fully saturated rings. The Kier molecular flexibility index (Phi) is 6.21. The van der Waals surface area contributed by atoms with Crippen molar-refractivity contribution < 1.29 is 19.1 Å². The summed E-state index contributed by atoms with van der Waals surface area (Å²) >= 11 is 0. The van der Waals surface area contributed by atoms with Crippen LogP contribution in [0.25, 0.3) is 0 Å². The van der Waals surface area contributed by atoms with Gasteiger partial charge in [0, 0.05) is 5.56 Å². The molecular weight excluding hydrogens is 364 g/mol. The lowest BCUT2D eigenvalue weighted by Crippen LogP contribution is -2.49.